The Labute approximate surface area is 196 Å². The molecule has 7 nitrogen and oxygen atoms in total. The van der Waals surface area contributed by atoms with E-state index in [9.17, 15) is 5.11 Å². The van der Waals surface area contributed by atoms with Gasteiger partial charge in [0.05, 0.1) is 30.5 Å². The molecule has 170 valence electrons. The van der Waals surface area contributed by atoms with Crippen LogP contribution in [-0.4, -0.2) is 43.8 Å². The molecule has 2 atom stereocenters. The van der Waals surface area contributed by atoms with Gasteiger partial charge < -0.3 is 15.6 Å². The lowest BCUT2D eigenvalue weighted by Gasteiger charge is -2.27. The summed E-state index contributed by atoms with van der Waals surface area (Å²) >= 11 is 0. The van der Waals surface area contributed by atoms with Crippen LogP contribution in [0.5, 0.6) is 0 Å². The van der Waals surface area contributed by atoms with Crippen molar-refractivity contribution < 1.29 is 9.84 Å². The topological polar surface area (TPSA) is 98.6 Å². The monoisotopic (exact) mass is 451 g/mol. The number of hydrogen-bond donors (Lipinski definition) is 2. The Morgan fingerprint density at radius 1 is 1.00 bits per heavy atom. The molecule has 3 N–H and O–H groups in total. The Morgan fingerprint density at radius 3 is 2.65 bits per heavy atom. The third kappa shape index (κ3) is 3.59. The molecule has 6 rings (SSSR count). The van der Waals surface area contributed by atoms with Gasteiger partial charge in [0, 0.05) is 34.8 Å². The quantitative estimate of drug-likeness (QED) is 0.419. The van der Waals surface area contributed by atoms with Gasteiger partial charge in [0.25, 0.3) is 0 Å². The molecule has 3 aromatic heterocycles. The van der Waals surface area contributed by atoms with Crippen molar-refractivity contribution in [1.82, 2.24) is 19.4 Å². The van der Waals surface area contributed by atoms with E-state index in [1.807, 2.05) is 34.9 Å². The van der Waals surface area contributed by atoms with Crippen LogP contribution in [-0.2, 0) is 4.74 Å². The van der Waals surface area contributed by atoms with Gasteiger partial charge in [-0.05, 0) is 25.0 Å². The van der Waals surface area contributed by atoms with Gasteiger partial charge in [-0.2, -0.15) is 0 Å². The van der Waals surface area contributed by atoms with E-state index in [-0.39, 0.29) is 18.6 Å². The number of rotatable bonds is 4. The highest BCUT2D eigenvalue weighted by atomic mass is 16.5. The van der Waals surface area contributed by atoms with Gasteiger partial charge in [0.1, 0.15) is 22.9 Å². The number of pyridine rings is 1. The molecule has 0 amide bonds. The van der Waals surface area contributed by atoms with Crippen LogP contribution in [0, 0.1) is 0 Å². The third-order valence-corrected chi connectivity index (χ3v) is 6.58. The molecule has 7 heteroatoms. The maximum absolute atomic E-state index is 9.41. The van der Waals surface area contributed by atoms with Gasteiger partial charge in [0.2, 0.25) is 0 Å². The second-order valence-electron chi connectivity index (χ2n) is 8.73. The van der Waals surface area contributed by atoms with E-state index in [4.69, 9.17) is 20.4 Å². The van der Waals surface area contributed by atoms with Crippen LogP contribution >= 0.6 is 0 Å². The number of hydrogen-bond acceptors (Lipinski definition) is 6. The molecule has 0 bridgehead atoms. The number of aromatic nitrogens is 4. The van der Waals surface area contributed by atoms with Gasteiger partial charge in [-0.15, -0.1) is 0 Å². The number of nitrogens with zero attached hydrogens (tertiary/aromatic N) is 4. The van der Waals surface area contributed by atoms with Crippen LogP contribution in [0.3, 0.4) is 0 Å². The fraction of sp³-hybridized carbons (Fsp3) is 0.222. The summed E-state index contributed by atoms with van der Waals surface area (Å²) in [5.74, 6) is 1.46. The summed E-state index contributed by atoms with van der Waals surface area (Å²) in [6.45, 7) is 0.567. The van der Waals surface area contributed by atoms with Crippen molar-refractivity contribution in [2.24, 2.45) is 0 Å². The van der Waals surface area contributed by atoms with E-state index in [1.54, 1.807) is 6.20 Å². The maximum atomic E-state index is 9.41. The first-order valence-corrected chi connectivity index (χ1v) is 11.5. The smallest absolute Gasteiger partial charge is 0.150 e. The second-order valence-corrected chi connectivity index (χ2v) is 8.73. The first-order chi connectivity index (χ1) is 16.7. The molecule has 0 aliphatic carbocycles. The predicted molar refractivity (Wildman–Crippen MR) is 132 cm³/mol. The molecule has 1 aliphatic rings. The molecular weight excluding hydrogens is 426 g/mol. The van der Waals surface area contributed by atoms with Crippen LogP contribution in [0.4, 0.5) is 5.82 Å². The van der Waals surface area contributed by atoms with Crippen LogP contribution in [0.25, 0.3) is 38.9 Å². The lowest BCUT2D eigenvalue weighted by atomic mass is 9.98. The minimum absolute atomic E-state index is 0.0478. The molecular formula is C27H25N5O2. The predicted octanol–water partition coefficient (Wildman–Crippen LogP) is 4.45. The number of benzene rings is 2. The number of anilines is 1. The summed E-state index contributed by atoms with van der Waals surface area (Å²) in [5.41, 5.74) is 11.8. The molecule has 1 fully saturated rings. The number of fused-ring (bicyclic) bond motifs is 2. The molecule has 1 aliphatic heterocycles. The lowest BCUT2D eigenvalue weighted by Crippen LogP contribution is -2.28. The molecule has 5 aromatic rings. The Hall–Kier alpha value is -3.81. The highest BCUT2D eigenvalue weighted by Gasteiger charge is 2.28. The molecule has 2 aromatic carbocycles. The highest BCUT2D eigenvalue weighted by Crippen LogP contribution is 2.35. The lowest BCUT2D eigenvalue weighted by molar-refractivity contribution is -0.0282. The summed E-state index contributed by atoms with van der Waals surface area (Å²) in [6.07, 6.45) is 5.20. The normalized spacial score (nSPS) is 18.5. The zero-order valence-electron chi connectivity index (χ0n) is 18.6. The number of nitrogens with two attached hydrogens (primary N) is 1. The van der Waals surface area contributed by atoms with Crippen LogP contribution in [0.1, 0.15) is 24.6 Å². The molecule has 0 spiro atoms. The summed E-state index contributed by atoms with van der Waals surface area (Å²) < 4.78 is 7.87. The summed E-state index contributed by atoms with van der Waals surface area (Å²) in [5, 5.41) is 10.5. The van der Waals surface area contributed by atoms with E-state index in [2.05, 4.69) is 41.4 Å². The number of aliphatic hydroxyl groups excluding tert-OH is 1. The highest BCUT2D eigenvalue weighted by molar-refractivity contribution is 5.91. The Kier molecular flexibility index (Phi) is 5.20. The average Bonchev–Trinajstić information content (AvgIpc) is 3.30. The van der Waals surface area contributed by atoms with Crippen molar-refractivity contribution in [1.29, 1.82) is 0 Å². The van der Waals surface area contributed by atoms with Crippen molar-refractivity contribution in [3.8, 4) is 22.5 Å². The fourth-order valence-corrected chi connectivity index (χ4v) is 4.76. The molecule has 34 heavy (non-hydrogen) atoms. The Bertz CT molecular complexity index is 1470. The summed E-state index contributed by atoms with van der Waals surface area (Å²) in [7, 11) is 0. The fourth-order valence-electron chi connectivity index (χ4n) is 4.76. The van der Waals surface area contributed by atoms with E-state index >= 15 is 0 Å². The van der Waals surface area contributed by atoms with Crippen molar-refractivity contribution in [2.75, 3.05) is 18.9 Å². The first kappa shape index (κ1) is 20.8. The van der Waals surface area contributed by atoms with Gasteiger partial charge in [-0.25, -0.2) is 15.0 Å². The second kappa shape index (κ2) is 8.52. The zero-order valence-corrected chi connectivity index (χ0v) is 18.6. The Balaban J connectivity index is 1.46. The van der Waals surface area contributed by atoms with Gasteiger partial charge >= 0.3 is 0 Å². The number of ether oxygens (including phenoxy) is 1. The van der Waals surface area contributed by atoms with E-state index in [0.29, 0.717) is 12.4 Å². The first-order valence-electron chi connectivity index (χ1n) is 11.5. The molecule has 4 heterocycles. The van der Waals surface area contributed by atoms with E-state index < -0.39 is 0 Å². The third-order valence-electron chi connectivity index (χ3n) is 6.58. The van der Waals surface area contributed by atoms with Crippen molar-refractivity contribution in [3.05, 3.63) is 78.9 Å². The van der Waals surface area contributed by atoms with Gasteiger partial charge in [-0.3, -0.25) is 4.40 Å². The van der Waals surface area contributed by atoms with E-state index in [0.717, 1.165) is 57.6 Å². The van der Waals surface area contributed by atoms with Crippen LogP contribution < -0.4 is 5.73 Å². The van der Waals surface area contributed by atoms with Gasteiger partial charge in [0.15, 0.2) is 0 Å². The van der Waals surface area contributed by atoms with Gasteiger partial charge in [-0.1, -0.05) is 48.5 Å². The van der Waals surface area contributed by atoms with E-state index in [1.165, 1.54) is 0 Å². The summed E-state index contributed by atoms with van der Waals surface area (Å²) in [6, 6.07) is 20.5. The van der Waals surface area contributed by atoms with Crippen molar-refractivity contribution >= 4 is 22.2 Å². The minimum atomic E-state index is -0.0981. The molecule has 0 saturated carbocycles. The maximum Gasteiger partial charge on any atom is 0.150 e. The molecule has 1 saturated heterocycles. The standard InChI is InChI=1S/C27H25N5O2/c28-26-25-24(31-27(32(25)13-12-29-26)20-8-10-21(15-33)34-16-20)19-7-6-18-9-11-22(30-23(18)14-19)17-4-2-1-3-5-17/h1-7,9,11-14,20-21,33H,8,10,15-16H2,(H2,28,29). The minimum Gasteiger partial charge on any atom is -0.394 e. The van der Waals surface area contributed by atoms with Crippen molar-refractivity contribution in [2.45, 2.75) is 24.9 Å². The molecule has 2 unspecified atom stereocenters. The van der Waals surface area contributed by atoms with Crippen molar-refractivity contribution in [3.63, 3.8) is 0 Å². The SMILES string of the molecule is Nc1nccn2c(C3CCC(CO)OC3)nc(-c3ccc4ccc(-c5ccccc5)nc4c3)c12. The number of aliphatic hydroxyl groups is 1. The van der Waals surface area contributed by atoms with Crippen LogP contribution in [0.2, 0.25) is 0 Å². The largest absolute Gasteiger partial charge is 0.394 e. The molecule has 0 radical (unpaired) electrons. The average molecular weight is 452 g/mol. The van der Waals surface area contributed by atoms with Crippen LogP contribution in [0.15, 0.2) is 73.1 Å². The number of nitrogen functional groups attached to an aromatic ring is 1. The Morgan fingerprint density at radius 2 is 1.85 bits per heavy atom. The number of imidazole rings is 1. The summed E-state index contributed by atoms with van der Waals surface area (Å²) in [4.78, 5) is 14.3. The zero-order chi connectivity index (χ0) is 23.1.